The molecule has 5 nitrogen and oxygen atoms in total. The molecule has 2 aromatic carbocycles. The Morgan fingerprint density at radius 2 is 1.88 bits per heavy atom. The maximum absolute atomic E-state index is 11.4. The summed E-state index contributed by atoms with van der Waals surface area (Å²) in [5, 5.41) is 4.62. The van der Waals surface area contributed by atoms with E-state index in [4.69, 9.17) is 23.2 Å². The number of esters is 1. The van der Waals surface area contributed by atoms with Gasteiger partial charge in [0.1, 0.15) is 5.82 Å². The van der Waals surface area contributed by atoms with E-state index in [0.717, 1.165) is 10.9 Å². The molecule has 1 heterocycles. The monoisotopic (exact) mass is 361 g/mol. The van der Waals surface area contributed by atoms with Crippen LogP contribution in [0, 0.1) is 0 Å². The van der Waals surface area contributed by atoms with Crippen molar-refractivity contribution in [3.63, 3.8) is 0 Å². The van der Waals surface area contributed by atoms with Crippen LogP contribution in [0.5, 0.6) is 0 Å². The topological polar surface area (TPSA) is 64.1 Å². The van der Waals surface area contributed by atoms with E-state index in [0.29, 0.717) is 28.5 Å². The molecule has 0 saturated heterocycles. The fourth-order valence-electron chi connectivity index (χ4n) is 2.30. The second-order valence-electron chi connectivity index (χ2n) is 5.02. The van der Waals surface area contributed by atoms with Crippen molar-refractivity contribution >= 4 is 45.9 Å². The first kappa shape index (κ1) is 16.5. The van der Waals surface area contributed by atoms with Crippen LogP contribution in [0.2, 0.25) is 10.3 Å². The minimum atomic E-state index is -0.366. The first-order chi connectivity index (χ1) is 11.6. The molecule has 0 fully saturated rings. The number of carbonyl (C=O) groups excluding carboxylic acids is 1. The molecule has 0 amide bonds. The summed E-state index contributed by atoms with van der Waals surface area (Å²) in [6, 6.07) is 12.5. The number of carbonyl (C=O) groups is 1. The van der Waals surface area contributed by atoms with Gasteiger partial charge in [-0.15, -0.1) is 0 Å². The molecular weight excluding hydrogens is 349 g/mol. The minimum Gasteiger partial charge on any atom is -0.465 e. The maximum atomic E-state index is 11.4. The molecule has 7 heteroatoms. The molecule has 0 aliphatic heterocycles. The van der Waals surface area contributed by atoms with Crippen molar-refractivity contribution in [2.75, 3.05) is 12.4 Å². The van der Waals surface area contributed by atoms with E-state index in [-0.39, 0.29) is 11.3 Å². The fraction of sp³-hybridized carbons (Fsp3) is 0.118. The Morgan fingerprint density at radius 3 is 2.58 bits per heavy atom. The van der Waals surface area contributed by atoms with Gasteiger partial charge in [-0.25, -0.2) is 14.8 Å². The molecule has 0 atom stereocenters. The van der Waals surface area contributed by atoms with Crippen molar-refractivity contribution in [1.82, 2.24) is 9.97 Å². The Kier molecular flexibility index (Phi) is 4.83. The summed E-state index contributed by atoms with van der Waals surface area (Å²) in [5.74, 6) is 0.197. The second kappa shape index (κ2) is 7.03. The van der Waals surface area contributed by atoms with Crippen LogP contribution in [0.15, 0.2) is 42.5 Å². The molecule has 122 valence electrons. The molecule has 0 saturated carbocycles. The van der Waals surface area contributed by atoms with E-state index in [2.05, 4.69) is 20.0 Å². The maximum Gasteiger partial charge on any atom is 0.337 e. The summed E-state index contributed by atoms with van der Waals surface area (Å²) in [6.45, 7) is 0.495. The van der Waals surface area contributed by atoms with Crippen molar-refractivity contribution in [1.29, 1.82) is 0 Å². The Labute approximate surface area is 148 Å². The summed E-state index contributed by atoms with van der Waals surface area (Å²) in [6.07, 6.45) is 0. The van der Waals surface area contributed by atoms with E-state index in [1.54, 1.807) is 18.2 Å². The van der Waals surface area contributed by atoms with E-state index < -0.39 is 0 Å². The summed E-state index contributed by atoms with van der Waals surface area (Å²) >= 11 is 12.2. The van der Waals surface area contributed by atoms with Gasteiger partial charge in [-0.1, -0.05) is 29.8 Å². The third-order valence-corrected chi connectivity index (χ3v) is 3.96. The van der Waals surface area contributed by atoms with Crippen molar-refractivity contribution in [3.05, 3.63) is 63.9 Å². The zero-order valence-electron chi connectivity index (χ0n) is 12.7. The SMILES string of the molecule is COC(=O)c1ccc(CNc2nc(Cl)nc3cccc(Cl)c23)cc1. The number of rotatable bonds is 4. The van der Waals surface area contributed by atoms with Crippen LogP contribution in [0.3, 0.4) is 0 Å². The molecule has 3 rings (SSSR count). The number of nitrogens with one attached hydrogen (secondary N) is 1. The lowest BCUT2D eigenvalue weighted by atomic mass is 10.1. The quantitative estimate of drug-likeness (QED) is 0.553. The molecule has 1 N–H and O–H groups in total. The number of fused-ring (bicyclic) bond motifs is 1. The van der Waals surface area contributed by atoms with Crippen LogP contribution in [-0.4, -0.2) is 23.0 Å². The third-order valence-electron chi connectivity index (χ3n) is 3.48. The molecule has 3 aromatic rings. The zero-order valence-corrected chi connectivity index (χ0v) is 14.2. The average molecular weight is 362 g/mol. The van der Waals surface area contributed by atoms with Gasteiger partial charge < -0.3 is 10.1 Å². The van der Waals surface area contributed by atoms with Crippen molar-refractivity contribution in [2.45, 2.75) is 6.54 Å². The van der Waals surface area contributed by atoms with Crippen LogP contribution < -0.4 is 5.32 Å². The van der Waals surface area contributed by atoms with Crippen molar-refractivity contribution in [3.8, 4) is 0 Å². The summed E-state index contributed by atoms with van der Waals surface area (Å²) in [4.78, 5) is 19.8. The average Bonchev–Trinajstić information content (AvgIpc) is 2.59. The molecule has 1 aromatic heterocycles. The molecular formula is C17H13Cl2N3O2. The van der Waals surface area contributed by atoms with Crippen LogP contribution in [0.25, 0.3) is 10.9 Å². The van der Waals surface area contributed by atoms with Crippen molar-refractivity contribution < 1.29 is 9.53 Å². The molecule has 0 aliphatic rings. The normalized spacial score (nSPS) is 10.6. The lowest BCUT2D eigenvalue weighted by Crippen LogP contribution is -2.05. The highest BCUT2D eigenvalue weighted by Crippen LogP contribution is 2.29. The minimum absolute atomic E-state index is 0.147. The molecule has 24 heavy (non-hydrogen) atoms. The Hall–Kier alpha value is -2.37. The van der Waals surface area contributed by atoms with Gasteiger partial charge >= 0.3 is 5.97 Å². The first-order valence-corrected chi connectivity index (χ1v) is 7.87. The summed E-state index contributed by atoms with van der Waals surface area (Å²) in [5.41, 5.74) is 2.14. The van der Waals surface area contributed by atoms with Gasteiger partial charge in [-0.3, -0.25) is 0 Å². The van der Waals surface area contributed by atoms with Crippen LogP contribution >= 0.6 is 23.2 Å². The van der Waals surface area contributed by atoms with Crippen LogP contribution in [-0.2, 0) is 11.3 Å². The number of aromatic nitrogens is 2. The number of methoxy groups -OCH3 is 1. The van der Waals surface area contributed by atoms with Crippen LogP contribution in [0.4, 0.5) is 5.82 Å². The fourth-order valence-corrected chi connectivity index (χ4v) is 2.74. The van der Waals surface area contributed by atoms with Gasteiger partial charge in [-0.05, 0) is 41.4 Å². The highest BCUT2D eigenvalue weighted by molar-refractivity contribution is 6.36. The van der Waals surface area contributed by atoms with Gasteiger partial charge in [0, 0.05) is 6.54 Å². The Bertz CT molecular complexity index is 898. The number of hydrogen-bond donors (Lipinski definition) is 1. The smallest absolute Gasteiger partial charge is 0.337 e. The predicted octanol–water partition coefficient (Wildman–Crippen LogP) is 4.34. The van der Waals surface area contributed by atoms with Gasteiger partial charge in [0.25, 0.3) is 0 Å². The van der Waals surface area contributed by atoms with Gasteiger partial charge in [0.2, 0.25) is 5.28 Å². The highest BCUT2D eigenvalue weighted by atomic mass is 35.5. The van der Waals surface area contributed by atoms with Gasteiger partial charge in [0.05, 0.1) is 28.6 Å². The summed E-state index contributed by atoms with van der Waals surface area (Å²) < 4.78 is 4.68. The van der Waals surface area contributed by atoms with Crippen molar-refractivity contribution in [2.24, 2.45) is 0 Å². The molecule has 0 spiro atoms. The Morgan fingerprint density at radius 1 is 1.12 bits per heavy atom. The van der Waals surface area contributed by atoms with Crippen LogP contribution in [0.1, 0.15) is 15.9 Å². The largest absolute Gasteiger partial charge is 0.465 e. The lowest BCUT2D eigenvalue weighted by molar-refractivity contribution is 0.0600. The standard InChI is InChI=1S/C17H13Cl2N3O2/c1-24-16(23)11-7-5-10(6-8-11)9-20-15-14-12(18)3-2-4-13(14)21-17(19)22-15/h2-8H,9H2,1H3,(H,20,21,22). The van der Waals surface area contributed by atoms with E-state index in [1.165, 1.54) is 7.11 Å². The number of hydrogen-bond acceptors (Lipinski definition) is 5. The van der Waals surface area contributed by atoms with E-state index in [9.17, 15) is 4.79 Å². The predicted molar refractivity (Wildman–Crippen MR) is 94.7 cm³/mol. The van der Waals surface area contributed by atoms with Gasteiger partial charge in [-0.2, -0.15) is 0 Å². The molecule has 0 radical (unpaired) electrons. The van der Waals surface area contributed by atoms with E-state index >= 15 is 0 Å². The van der Waals surface area contributed by atoms with E-state index in [1.807, 2.05) is 24.3 Å². The number of anilines is 1. The highest BCUT2D eigenvalue weighted by Gasteiger charge is 2.10. The third kappa shape index (κ3) is 3.42. The lowest BCUT2D eigenvalue weighted by Gasteiger charge is -2.10. The molecule has 0 aliphatic carbocycles. The first-order valence-electron chi connectivity index (χ1n) is 7.11. The number of halogens is 2. The second-order valence-corrected chi connectivity index (χ2v) is 5.76. The van der Waals surface area contributed by atoms with Gasteiger partial charge in [0.15, 0.2) is 0 Å². The zero-order chi connectivity index (χ0) is 17.1. The number of nitrogens with zero attached hydrogens (tertiary/aromatic N) is 2. The molecule has 0 unspecified atom stereocenters. The number of benzene rings is 2. The molecule has 0 bridgehead atoms. The number of ether oxygens (including phenoxy) is 1. The summed E-state index contributed by atoms with van der Waals surface area (Å²) in [7, 11) is 1.35. The Balaban J connectivity index is 1.84.